The average molecular weight is 530 g/mol. The molecule has 0 saturated heterocycles. The van der Waals surface area contributed by atoms with Gasteiger partial charge >= 0.3 is 6.09 Å². The van der Waals surface area contributed by atoms with E-state index in [2.05, 4.69) is 17.2 Å². The number of hydrogen-bond donors (Lipinski definition) is 2. The Labute approximate surface area is 231 Å². The lowest BCUT2D eigenvalue weighted by atomic mass is 9.95. The lowest BCUT2D eigenvalue weighted by Gasteiger charge is -2.33. The second-order valence-electron chi connectivity index (χ2n) is 10.8. The van der Waals surface area contributed by atoms with Crippen LogP contribution in [0.3, 0.4) is 0 Å². The van der Waals surface area contributed by atoms with Crippen molar-refractivity contribution in [2.75, 3.05) is 12.4 Å². The number of nitrogens with one attached hydrogen (secondary N) is 2. The van der Waals surface area contributed by atoms with E-state index in [-0.39, 0.29) is 11.8 Å². The molecule has 206 valence electrons. The Kier molecular flexibility index (Phi) is 9.51. The van der Waals surface area contributed by atoms with Crippen molar-refractivity contribution in [1.82, 2.24) is 10.2 Å². The molecule has 0 spiro atoms. The summed E-state index contributed by atoms with van der Waals surface area (Å²) in [6, 6.07) is 19.1. The Morgan fingerprint density at radius 1 is 1.00 bits per heavy atom. The summed E-state index contributed by atoms with van der Waals surface area (Å²) in [5, 5.41) is 7.78. The van der Waals surface area contributed by atoms with Gasteiger partial charge in [0.15, 0.2) is 0 Å². The fourth-order valence-corrected chi connectivity index (χ4v) is 4.35. The van der Waals surface area contributed by atoms with Gasteiger partial charge in [-0.15, -0.1) is 0 Å². The number of anilines is 1. The van der Waals surface area contributed by atoms with Crippen molar-refractivity contribution in [2.45, 2.75) is 58.7 Å². The van der Waals surface area contributed by atoms with Crippen LogP contribution in [0.4, 0.5) is 10.5 Å². The lowest BCUT2D eigenvalue weighted by molar-refractivity contribution is -0.140. The van der Waals surface area contributed by atoms with Crippen molar-refractivity contribution in [3.63, 3.8) is 0 Å². The number of carbonyl (C=O) groups is 3. The third kappa shape index (κ3) is 7.69. The van der Waals surface area contributed by atoms with Crippen molar-refractivity contribution in [3.8, 4) is 0 Å². The largest absolute Gasteiger partial charge is 0.444 e. The first kappa shape index (κ1) is 29.4. The number of likely N-dealkylation sites (N-methyl/N-ethyl adjacent to an activating group) is 1. The number of fused-ring (bicyclic) bond motifs is 1. The number of hydrogen-bond acceptors (Lipinski definition) is 4. The quantitative estimate of drug-likeness (QED) is 0.329. The van der Waals surface area contributed by atoms with Gasteiger partial charge in [-0.3, -0.25) is 9.59 Å². The Hall–Kier alpha value is -4.13. The fraction of sp³-hybridized carbons (Fsp3) is 0.344. The second kappa shape index (κ2) is 12.6. The molecule has 0 aliphatic rings. The van der Waals surface area contributed by atoms with Crippen molar-refractivity contribution < 1.29 is 19.1 Å². The van der Waals surface area contributed by atoms with Crippen LogP contribution >= 0.6 is 0 Å². The van der Waals surface area contributed by atoms with E-state index in [9.17, 15) is 14.4 Å². The minimum absolute atomic E-state index is 0.198. The monoisotopic (exact) mass is 529 g/mol. The van der Waals surface area contributed by atoms with Gasteiger partial charge in [0, 0.05) is 12.7 Å². The topological polar surface area (TPSA) is 87.7 Å². The summed E-state index contributed by atoms with van der Waals surface area (Å²) in [6.07, 6.45) is 1.65. The third-order valence-corrected chi connectivity index (χ3v) is 6.61. The summed E-state index contributed by atoms with van der Waals surface area (Å²) in [5.74, 6) is -0.962. The van der Waals surface area contributed by atoms with Crippen LogP contribution in [-0.2, 0) is 14.3 Å². The zero-order valence-corrected chi connectivity index (χ0v) is 23.7. The van der Waals surface area contributed by atoms with Gasteiger partial charge in [0.25, 0.3) is 5.91 Å². The summed E-state index contributed by atoms with van der Waals surface area (Å²) in [4.78, 5) is 41.7. The van der Waals surface area contributed by atoms with E-state index >= 15 is 0 Å². The summed E-state index contributed by atoms with van der Waals surface area (Å²) in [6.45, 7) is 13.0. The highest BCUT2D eigenvalue weighted by Crippen LogP contribution is 2.27. The predicted octanol–water partition coefficient (Wildman–Crippen LogP) is 6.56. The van der Waals surface area contributed by atoms with Crippen LogP contribution in [-0.4, -0.2) is 41.5 Å². The minimum atomic E-state index is -0.962. The summed E-state index contributed by atoms with van der Waals surface area (Å²) in [7, 11) is 1.58. The van der Waals surface area contributed by atoms with E-state index in [1.807, 2.05) is 74.5 Å². The standard InChI is InChI=1S/C32H39N3O4/c1-8-21(3)27(34-31(38)39-32(4,5)6)30(37)35(7)28(25-16-12-13-22(9-2)19-25)29(36)33-26-18-17-23-14-10-11-15-24(23)20-26/h9-21,27-28H,2,8H2,1,3-7H3,(H,33,36)(H,34,38). The van der Waals surface area contributed by atoms with Gasteiger partial charge in [-0.25, -0.2) is 4.79 Å². The summed E-state index contributed by atoms with van der Waals surface area (Å²) < 4.78 is 5.42. The first-order chi connectivity index (χ1) is 18.4. The number of alkyl carbamates (subject to hydrolysis) is 1. The molecule has 3 rings (SSSR count). The molecule has 3 aromatic rings. The van der Waals surface area contributed by atoms with E-state index in [1.165, 1.54) is 4.90 Å². The van der Waals surface area contributed by atoms with Gasteiger partial charge in [0.05, 0.1) is 0 Å². The van der Waals surface area contributed by atoms with Crippen LogP contribution in [0.15, 0.2) is 73.3 Å². The van der Waals surface area contributed by atoms with Crippen LogP contribution in [0.5, 0.6) is 0 Å². The number of carbonyl (C=O) groups excluding carboxylic acids is 3. The third-order valence-electron chi connectivity index (χ3n) is 6.61. The fourth-order valence-electron chi connectivity index (χ4n) is 4.35. The average Bonchev–Trinajstić information content (AvgIpc) is 2.90. The lowest BCUT2D eigenvalue weighted by Crippen LogP contribution is -2.53. The first-order valence-electron chi connectivity index (χ1n) is 13.2. The molecule has 7 nitrogen and oxygen atoms in total. The van der Waals surface area contributed by atoms with E-state index in [4.69, 9.17) is 4.74 Å². The van der Waals surface area contributed by atoms with Crippen LogP contribution in [0.1, 0.15) is 58.2 Å². The normalized spacial score (nSPS) is 13.6. The molecule has 3 amide bonds. The molecule has 7 heteroatoms. The molecule has 0 fully saturated rings. The molecule has 3 unspecified atom stereocenters. The molecule has 0 heterocycles. The van der Waals surface area contributed by atoms with E-state index in [0.717, 1.165) is 16.3 Å². The van der Waals surface area contributed by atoms with Crippen LogP contribution in [0.25, 0.3) is 16.8 Å². The van der Waals surface area contributed by atoms with Gasteiger partial charge in [-0.05, 0) is 66.8 Å². The van der Waals surface area contributed by atoms with Gasteiger partial charge in [-0.1, -0.05) is 81.5 Å². The number of nitrogens with zero attached hydrogens (tertiary/aromatic N) is 1. The number of ether oxygens (including phenoxy) is 1. The van der Waals surface area contributed by atoms with Gasteiger partial charge < -0.3 is 20.3 Å². The van der Waals surface area contributed by atoms with Crippen molar-refractivity contribution in [2.24, 2.45) is 5.92 Å². The Bertz CT molecular complexity index is 1340. The maximum Gasteiger partial charge on any atom is 0.408 e. The molecule has 0 radical (unpaired) electrons. The van der Waals surface area contributed by atoms with E-state index in [0.29, 0.717) is 17.7 Å². The highest BCUT2D eigenvalue weighted by Gasteiger charge is 2.36. The first-order valence-corrected chi connectivity index (χ1v) is 13.2. The smallest absolute Gasteiger partial charge is 0.408 e. The van der Waals surface area contributed by atoms with Gasteiger partial charge in [-0.2, -0.15) is 0 Å². The molecule has 3 aromatic carbocycles. The molecule has 2 N–H and O–H groups in total. The zero-order chi connectivity index (χ0) is 28.7. The molecule has 0 aliphatic carbocycles. The van der Waals surface area contributed by atoms with E-state index < -0.39 is 29.7 Å². The maximum atomic E-state index is 13.9. The van der Waals surface area contributed by atoms with Crippen LogP contribution < -0.4 is 10.6 Å². The highest BCUT2D eigenvalue weighted by molar-refractivity contribution is 6.00. The Morgan fingerprint density at radius 3 is 2.33 bits per heavy atom. The number of benzene rings is 3. The second-order valence-corrected chi connectivity index (χ2v) is 10.8. The van der Waals surface area contributed by atoms with Crippen molar-refractivity contribution in [1.29, 1.82) is 0 Å². The van der Waals surface area contributed by atoms with E-state index in [1.54, 1.807) is 40.0 Å². The SMILES string of the molecule is C=Cc1cccc(C(C(=O)Nc2ccc3ccccc3c2)N(C)C(=O)C(NC(=O)OC(C)(C)C)C(C)CC)c1. The molecule has 0 bridgehead atoms. The Balaban J connectivity index is 1.96. The molecular formula is C32H39N3O4. The van der Waals surface area contributed by atoms with Gasteiger partial charge in [0.1, 0.15) is 17.7 Å². The predicted molar refractivity (Wildman–Crippen MR) is 157 cm³/mol. The Morgan fingerprint density at radius 2 is 1.69 bits per heavy atom. The van der Waals surface area contributed by atoms with Crippen LogP contribution in [0, 0.1) is 5.92 Å². The maximum absolute atomic E-state index is 13.9. The minimum Gasteiger partial charge on any atom is -0.444 e. The van der Waals surface area contributed by atoms with Gasteiger partial charge in [0.2, 0.25) is 5.91 Å². The number of rotatable bonds is 9. The number of amides is 3. The molecule has 39 heavy (non-hydrogen) atoms. The molecule has 3 atom stereocenters. The zero-order valence-electron chi connectivity index (χ0n) is 23.7. The molecule has 0 aromatic heterocycles. The molecule has 0 aliphatic heterocycles. The molecular weight excluding hydrogens is 490 g/mol. The van der Waals surface area contributed by atoms with Crippen molar-refractivity contribution >= 4 is 40.4 Å². The molecule has 0 saturated carbocycles. The summed E-state index contributed by atoms with van der Waals surface area (Å²) >= 11 is 0. The van der Waals surface area contributed by atoms with Crippen LogP contribution in [0.2, 0.25) is 0 Å². The van der Waals surface area contributed by atoms with Crippen molar-refractivity contribution in [3.05, 3.63) is 84.4 Å². The highest BCUT2D eigenvalue weighted by atomic mass is 16.6. The summed E-state index contributed by atoms with van der Waals surface area (Å²) in [5.41, 5.74) is 1.35.